The van der Waals surface area contributed by atoms with Crippen molar-refractivity contribution in [1.29, 1.82) is 0 Å². The average Bonchev–Trinajstić information content (AvgIpc) is 2.93. The number of aromatic nitrogens is 3. The van der Waals surface area contributed by atoms with Crippen LogP contribution >= 0.6 is 23.2 Å². The van der Waals surface area contributed by atoms with E-state index in [1.54, 1.807) is 0 Å². The van der Waals surface area contributed by atoms with Crippen LogP contribution in [-0.2, 0) is 0 Å². The molecule has 1 aliphatic rings. The van der Waals surface area contributed by atoms with Crippen molar-refractivity contribution in [1.82, 2.24) is 15.0 Å². The maximum atomic E-state index is 5.99. The Labute approximate surface area is 121 Å². The Morgan fingerprint density at radius 3 is 2.26 bits per heavy atom. The van der Waals surface area contributed by atoms with Crippen LogP contribution in [0.2, 0.25) is 10.3 Å². The van der Waals surface area contributed by atoms with Gasteiger partial charge in [0.1, 0.15) is 0 Å². The highest BCUT2D eigenvalue weighted by molar-refractivity contribution is 6.30. The monoisotopic (exact) mass is 294 g/mol. The average molecular weight is 295 g/mol. The van der Waals surface area contributed by atoms with E-state index in [-0.39, 0.29) is 5.28 Å². The van der Waals surface area contributed by atoms with Gasteiger partial charge < -0.3 is 4.90 Å². The number of halogens is 2. The third-order valence-corrected chi connectivity index (χ3v) is 3.51. The van der Waals surface area contributed by atoms with Crippen LogP contribution in [-0.4, -0.2) is 28.0 Å². The lowest BCUT2D eigenvalue weighted by atomic mass is 10.2. The van der Waals surface area contributed by atoms with Crippen molar-refractivity contribution < 1.29 is 0 Å². The van der Waals surface area contributed by atoms with Gasteiger partial charge >= 0.3 is 0 Å². The Hall–Kier alpha value is -1.39. The summed E-state index contributed by atoms with van der Waals surface area (Å²) in [7, 11) is 0. The van der Waals surface area contributed by atoms with Crippen LogP contribution in [0.25, 0.3) is 11.4 Å². The van der Waals surface area contributed by atoms with E-state index >= 15 is 0 Å². The third kappa shape index (κ3) is 2.80. The largest absolute Gasteiger partial charge is 0.341 e. The minimum Gasteiger partial charge on any atom is -0.341 e. The molecule has 98 valence electrons. The Balaban J connectivity index is 1.99. The van der Waals surface area contributed by atoms with Crippen molar-refractivity contribution >= 4 is 29.2 Å². The summed E-state index contributed by atoms with van der Waals surface area (Å²) in [5, 5.41) is 0.908. The van der Waals surface area contributed by atoms with Gasteiger partial charge in [-0.25, -0.2) is 0 Å². The van der Waals surface area contributed by atoms with E-state index in [0.29, 0.717) is 16.8 Å². The fourth-order valence-corrected chi connectivity index (χ4v) is 2.41. The Kier molecular flexibility index (Phi) is 3.53. The number of nitrogens with zero attached hydrogens (tertiary/aromatic N) is 4. The smallest absolute Gasteiger partial charge is 0.230 e. The molecule has 0 unspecified atom stereocenters. The molecule has 0 radical (unpaired) electrons. The summed E-state index contributed by atoms with van der Waals surface area (Å²) in [6.07, 6.45) is 2.33. The van der Waals surface area contributed by atoms with Crippen LogP contribution < -0.4 is 4.90 Å². The molecule has 0 bridgehead atoms. The number of hydrogen-bond donors (Lipinski definition) is 0. The Morgan fingerprint density at radius 2 is 1.58 bits per heavy atom. The highest BCUT2D eigenvalue weighted by atomic mass is 35.5. The normalized spacial score (nSPS) is 14.9. The third-order valence-electron chi connectivity index (χ3n) is 3.09. The molecular weight excluding hydrogens is 283 g/mol. The van der Waals surface area contributed by atoms with Crippen LogP contribution in [0.3, 0.4) is 0 Å². The zero-order valence-electron chi connectivity index (χ0n) is 10.2. The number of anilines is 1. The second-order valence-electron chi connectivity index (χ2n) is 4.43. The zero-order chi connectivity index (χ0) is 13.2. The fourth-order valence-electron chi connectivity index (χ4n) is 2.13. The van der Waals surface area contributed by atoms with E-state index in [9.17, 15) is 0 Å². The van der Waals surface area contributed by atoms with Crippen molar-refractivity contribution in [3.63, 3.8) is 0 Å². The standard InChI is InChI=1S/C13H12Cl2N4/c14-10-5-3-9(4-6-10)11-16-12(15)18-13(17-11)19-7-1-2-8-19/h3-6H,1-2,7-8H2. The van der Waals surface area contributed by atoms with E-state index in [2.05, 4.69) is 19.9 Å². The first-order valence-corrected chi connectivity index (χ1v) is 6.90. The lowest BCUT2D eigenvalue weighted by Gasteiger charge is -2.15. The molecule has 4 nitrogen and oxygen atoms in total. The van der Waals surface area contributed by atoms with Gasteiger partial charge in [0, 0.05) is 23.7 Å². The van der Waals surface area contributed by atoms with Crippen molar-refractivity contribution in [2.24, 2.45) is 0 Å². The van der Waals surface area contributed by atoms with Crippen LogP contribution in [0.1, 0.15) is 12.8 Å². The number of rotatable bonds is 2. The lowest BCUT2D eigenvalue weighted by Crippen LogP contribution is -2.21. The van der Waals surface area contributed by atoms with Gasteiger partial charge in [0.25, 0.3) is 0 Å². The molecule has 1 saturated heterocycles. The summed E-state index contributed by atoms with van der Waals surface area (Å²) in [5.41, 5.74) is 0.883. The number of benzene rings is 1. The minimum atomic E-state index is 0.224. The molecule has 1 fully saturated rings. The van der Waals surface area contributed by atoms with Crippen LogP contribution in [0.15, 0.2) is 24.3 Å². The molecule has 2 aromatic rings. The zero-order valence-corrected chi connectivity index (χ0v) is 11.7. The van der Waals surface area contributed by atoms with E-state index in [0.717, 1.165) is 18.7 Å². The van der Waals surface area contributed by atoms with Gasteiger partial charge in [-0.1, -0.05) is 11.6 Å². The summed E-state index contributed by atoms with van der Waals surface area (Å²) in [5.74, 6) is 1.24. The van der Waals surface area contributed by atoms with Crippen LogP contribution in [0.5, 0.6) is 0 Å². The molecule has 0 saturated carbocycles. The molecule has 1 aromatic carbocycles. The first-order chi connectivity index (χ1) is 9.22. The molecule has 3 rings (SSSR count). The van der Waals surface area contributed by atoms with Gasteiger partial charge in [-0.15, -0.1) is 0 Å². The number of hydrogen-bond acceptors (Lipinski definition) is 4. The summed E-state index contributed by atoms with van der Waals surface area (Å²) in [6, 6.07) is 7.37. The molecule has 0 amide bonds. The Morgan fingerprint density at radius 1 is 0.895 bits per heavy atom. The topological polar surface area (TPSA) is 41.9 Å². The summed E-state index contributed by atoms with van der Waals surface area (Å²) >= 11 is 11.9. The molecule has 0 aliphatic carbocycles. The van der Waals surface area contributed by atoms with Crippen LogP contribution in [0, 0.1) is 0 Å². The predicted octanol–water partition coefficient (Wildman–Crippen LogP) is 3.45. The molecule has 1 aliphatic heterocycles. The lowest BCUT2D eigenvalue weighted by molar-refractivity contribution is 0.883. The van der Waals surface area contributed by atoms with Gasteiger partial charge in [0.15, 0.2) is 5.82 Å². The summed E-state index contributed by atoms with van der Waals surface area (Å²) < 4.78 is 0. The minimum absolute atomic E-state index is 0.224. The highest BCUT2D eigenvalue weighted by Crippen LogP contribution is 2.23. The van der Waals surface area contributed by atoms with Gasteiger partial charge in [-0.3, -0.25) is 0 Å². The van der Waals surface area contributed by atoms with E-state index in [1.165, 1.54) is 12.8 Å². The summed E-state index contributed by atoms with van der Waals surface area (Å²) in [4.78, 5) is 15.0. The molecule has 2 heterocycles. The first-order valence-electron chi connectivity index (χ1n) is 6.15. The van der Waals surface area contributed by atoms with Gasteiger partial charge in [-0.2, -0.15) is 15.0 Å². The molecule has 0 spiro atoms. The van der Waals surface area contributed by atoms with Crippen LogP contribution in [0.4, 0.5) is 5.95 Å². The van der Waals surface area contributed by atoms with E-state index in [1.807, 2.05) is 24.3 Å². The molecule has 1 aromatic heterocycles. The van der Waals surface area contributed by atoms with Gasteiger partial charge in [-0.05, 0) is 48.7 Å². The predicted molar refractivity (Wildman–Crippen MR) is 76.7 cm³/mol. The van der Waals surface area contributed by atoms with E-state index in [4.69, 9.17) is 23.2 Å². The molecule has 0 atom stereocenters. The maximum Gasteiger partial charge on any atom is 0.230 e. The molecule has 0 N–H and O–H groups in total. The van der Waals surface area contributed by atoms with Gasteiger partial charge in [0.05, 0.1) is 0 Å². The molecular formula is C13H12Cl2N4. The first kappa shape index (κ1) is 12.6. The van der Waals surface area contributed by atoms with E-state index < -0.39 is 0 Å². The second-order valence-corrected chi connectivity index (χ2v) is 5.20. The summed E-state index contributed by atoms with van der Waals surface area (Å²) in [6.45, 7) is 1.95. The van der Waals surface area contributed by atoms with Gasteiger partial charge in [0.2, 0.25) is 11.2 Å². The molecule has 6 heteroatoms. The SMILES string of the molecule is Clc1ccc(-c2nc(Cl)nc(N3CCCC3)n2)cc1. The fraction of sp³-hybridized carbons (Fsp3) is 0.308. The maximum absolute atomic E-state index is 5.99. The molecule has 19 heavy (non-hydrogen) atoms. The van der Waals surface area contributed by atoms with Crippen molar-refractivity contribution in [2.75, 3.05) is 18.0 Å². The van der Waals surface area contributed by atoms with Crippen molar-refractivity contribution in [3.05, 3.63) is 34.6 Å². The van der Waals surface area contributed by atoms with Crippen molar-refractivity contribution in [2.45, 2.75) is 12.8 Å². The van der Waals surface area contributed by atoms with Crippen molar-refractivity contribution in [3.8, 4) is 11.4 Å². The Bertz CT molecular complexity index is 580. The highest BCUT2D eigenvalue weighted by Gasteiger charge is 2.17. The quantitative estimate of drug-likeness (QED) is 0.851. The second kappa shape index (κ2) is 5.31.